The van der Waals surface area contributed by atoms with E-state index in [-0.39, 0.29) is 36.8 Å². The maximum atomic E-state index is 12.2. The van der Waals surface area contributed by atoms with E-state index in [0.29, 0.717) is 13.0 Å². The molecule has 0 aliphatic carbocycles. The van der Waals surface area contributed by atoms with E-state index in [1.54, 1.807) is 7.11 Å². The monoisotopic (exact) mass is 397 g/mol. The molecule has 5 nitrogen and oxygen atoms in total. The molecule has 0 aromatic heterocycles. The van der Waals surface area contributed by atoms with Crippen LogP contribution < -0.4 is 5.73 Å². The molecule has 1 amide bonds. The van der Waals surface area contributed by atoms with Crippen LogP contribution >= 0.6 is 36.4 Å². The minimum absolute atomic E-state index is 0. The van der Waals surface area contributed by atoms with Crippen LogP contribution in [0, 0.1) is 0 Å². The van der Waals surface area contributed by atoms with E-state index in [4.69, 9.17) is 22.1 Å². The zero-order chi connectivity index (χ0) is 15.9. The minimum atomic E-state index is -0.181. The number of rotatable bonds is 6. The highest BCUT2D eigenvalue weighted by atomic mass is 35.5. The van der Waals surface area contributed by atoms with Crippen LogP contribution in [0.2, 0.25) is 5.02 Å². The zero-order valence-corrected chi connectivity index (χ0v) is 16.2. The van der Waals surface area contributed by atoms with Crippen LogP contribution in [0.15, 0.2) is 24.3 Å². The average Bonchev–Trinajstić information content (AvgIpc) is 2.55. The summed E-state index contributed by atoms with van der Waals surface area (Å²) < 4.78 is 5.18. The van der Waals surface area contributed by atoms with E-state index < -0.39 is 0 Å². The van der Waals surface area contributed by atoms with E-state index in [9.17, 15) is 4.79 Å². The van der Waals surface area contributed by atoms with E-state index in [1.807, 2.05) is 29.2 Å². The first kappa shape index (κ1) is 23.4. The van der Waals surface area contributed by atoms with Crippen molar-refractivity contribution in [1.82, 2.24) is 9.80 Å². The molecule has 24 heavy (non-hydrogen) atoms. The van der Waals surface area contributed by atoms with Gasteiger partial charge in [0, 0.05) is 51.4 Å². The van der Waals surface area contributed by atoms with E-state index in [0.717, 1.165) is 37.7 Å². The number of benzene rings is 1. The molecule has 1 aromatic carbocycles. The summed E-state index contributed by atoms with van der Waals surface area (Å²) in [7, 11) is 1.59. The third-order valence-electron chi connectivity index (χ3n) is 4.04. The first-order valence-electron chi connectivity index (χ1n) is 7.60. The number of carbonyl (C=O) groups excluding carboxylic acids is 1. The number of nitrogens with zero attached hydrogens (tertiary/aromatic N) is 2. The summed E-state index contributed by atoms with van der Waals surface area (Å²) in [5.41, 5.74) is 6.81. The Kier molecular flexibility index (Phi) is 11.6. The Morgan fingerprint density at radius 3 is 2.29 bits per heavy atom. The molecule has 1 heterocycles. The summed E-state index contributed by atoms with van der Waals surface area (Å²) in [5.74, 6) is 0.128. The highest BCUT2D eigenvalue weighted by Gasteiger charge is 2.23. The van der Waals surface area contributed by atoms with Crippen LogP contribution in [-0.2, 0) is 16.1 Å². The molecule has 0 radical (unpaired) electrons. The van der Waals surface area contributed by atoms with Gasteiger partial charge in [-0.25, -0.2) is 0 Å². The number of halogens is 3. The van der Waals surface area contributed by atoms with Crippen molar-refractivity contribution in [1.29, 1.82) is 0 Å². The summed E-state index contributed by atoms with van der Waals surface area (Å²) in [6.07, 6.45) is 0.184. The Labute approximate surface area is 161 Å². The highest BCUT2D eigenvalue weighted by Crippen LogP contribution is 2.13. The first-order chi connectivity index (χ1) is 10.6. The van der Waals surface area contributed by atoms with E-state index in [1.165, 1.54) is 5.56 Å². The lowest BCUT2D eigenvalue weighted by atomic mass is 10.2. The molecule has 1 saturated heterocycles. The fourth-order valence-corrected chi connectivity index (χ4v) is 2.72. The summed E-state index contributed by atoms with van der Waals surface area (Å²) >= 11 is 5.90. The highest BCUT2D eigenvalue weighted by molar-refractivity contribution is 6.30. The van der Waals surface area contributed by atoms with Gasteiger partial charge < -0.3 is 15.4 Å². The third-order valence-corrected chi connectivity index (χ3v) is 4.29. The molecule has 1 fully saturated rings. The van der Waals surface area contributed by atoms with Crippen molar-refractivity contribution < 1.29 is 9.53 Å². The maximum absolute atomic E-state index is 12.2. The lowest BCUT2D eigenvalue weighted by Gasteiger charge is -2.35. The van der Waals surface area contributed by atoms with Crippen molar-refractivity contribution >= 4 is 42.3 Å². The second-order valence-electron chi connectivity index (χ2n) is 5.58. The molecular weight excluding hydrogens is 373 g/mol. The molecule has 0 saturated carbocycles. The Hall–Kier alpha value is -0.560. The normalized spacial score (nSPS) is 16.0. The maximum Gasteiger partial charge on any atom is 0.225 e. The smallest absolute Gasteiger partial charge is 0.225 e. The molecule has 1 aromatic rings. The van der Waals surface area contributed by atoms with Crippen LogP contribution in [0.5, 0.6) is 0 Å². The molecule has 1 aliphatic heterocycles. The number of piperazine rings is 1. The lowest BCUT2D eigenvalue weighted by molar-refractivity contribution is -0.135. The predicted molar refractivity (Wildman–Crippen MR) is 102 cm³/mol. The van der Waals surface area contributed by atoms with Gasteiger partial charge in [-0.05, 0) is 17.7 Å². The van der Waals surface area contributed by atoms with Crippen molar-refractivity contribution in [3.63, 3.8) is 0 Å². The number of ether oxygens (including phenoxy) is 1. The van der Waals surface area contributed by atoms with Gasteiger partial charge in [0.05, 0.1) is 12.5 Å². The molecule has 0 spiro atoms. The van der Waals surface area contributed by atoms with Crippen LogP contribution in [0.3, 0.4) is 0 Å². The number of nitrogens with two attached hydrogens (primary N) is 1. The van der Waals surface area contributed by atoms with Crippen molar-refractivity contribution in [3.05, 3.63) is 34.9 Å². The molecule has 138 valence electrons. The standard InChI is InChI=1S/C16H24ClN3O2.2ClH/c1-22-15(11-18)10-16(21)20-8-6-19(7-9-20)12-13-2-4-14(17)5-3-13;;/h2-5,15H,6-12,18H2,1H3;2*1H. The number of hydrogen-bond acceptors (Lipinski definition) is 4. The van der Waals surface area contributed by atoms with Crippen LogP contribution in [-0.4, -0.2) is 61.6 Å². The topological polar surface area (TPSA) is 58.8 Å². The Morgan fingerprint density at radius 1 is 1.21 bits per heavy atom. The van der Waals surface area contributed by atoms with Crippen molar-refractivity contribution in [2.45, 2.75) is 19.1 Å². The van der Waals surface area contributed by atoms with Gasteiger partial charge in [-0.1, -0.05) is 23.7 Å². The largest absolute Gasteiger partial charge is 0.380 e. The van der Waals surface area contributed by atoms with Crippen molar-refractivity contribution in [2.24, 2.45) is 5.73 Å². The first-order valence-corrected chi connectivity index (χ1v) is 7.97. The molecular formula is C16H26Cl3N3O2. The average molecular weight is 399 g/mol. The molecule has 2 rings (SSSR count). The number of carbonyl (C=O) groups is 1. The Morgan fingerprint density at radius 2 is 1.79 bits per heavy atom. The SMILES string of the molecule is COC(CN)CC(=O)N1CCN(Cc2ccc(Cl)cc2)CC1.Cl.Cl. The minimum Gasteiger partial charge on any atom is -0.380 e. The second-order valence-corrected chi connectivity index (χ2v) is 6.02. The fraction of sp³-hybridized carbons (Fsp3) is 0.562. The second kappa shape index (κ2) is 11.9. The zero-order valence-electron chi connectivity index (χ0n) is 13.8. The molecule has 2 N–H and O–H groups in total. The summed E-state index contributed by atoms with van der Waals surface area (Å²) in [5, 5.41) is 0.756. The number of amides is 1. The van der Waals surface area contributed by atoms with Gasteiger partial charge in [-0.2, -0.15) is 0 Å². The van der Waals surface area contributed by atoms with E-state index >= 15 is 0 Å². The van der Waals surface area contributed by atoms with Gasteiger partial charge in [0.2, 0.25) is 5.91 Å². The molecule has 1 unspecified atom stereocenters. The predicted octanol–water partition coefficient (Wildman–Crippen LogP) is 2.19. The van der Waals surface area contributed by atoms with Gasteiger partial charge in [0.25, 0.3) is 0 Å². The molecule has 1 aliphatic rings. The fourth-order valence-electron chi connectivity index (χ4n) is 2.59. The Balaban J connectivity index is 0.00000264. The van der Waals surface area contributed by atoms with Crippen LogP contribution in [0.1, 0.15) is 12.0 Å². The summed E-state index contributed by atoms with van der Waals surface area (Å²) in [6.45, 7) is 4.55. The van der Waals surface area contributed by atoms with Gasteiger partial charge in [-0.3, -0.25) is 9.69 Å². The van der Waals surface area contributed by atoms with Gasteiger partial charge in [0.1, 0.15) is 0 Å². The van der Waals surface area contributed by atoms with Gasteiger partial charge in [-0.15, -0.1) is 24.8 Å². The van der Waals surface area contributed by atoms with Crippen molar-refractivity contribution in [2.75, 3.05) is 39.8 Å². The quantitative estimate of drug-likeness (QED) is 0.798. The third kappa shape index (κ3) is 7.13. The van der Waals surface area contributed by atoms with Gasteiger partial charge in [0.15, 0.2) is 0 Å². The molecule has 0 bridgehead atoms. The van der Waals surface area contributed by atoms with Crippen LogP contribution in [0.4, 0.5) is 0 Å². The number of methoxy groups -OCH3 is 1. The molecule has 8 heteroatoms. The summed E-state index contributed by atoms with van der Waals surface area (Å²) in [4.78, 5) is 16.4. The lowest BCUT2D eigenvalue weighted by Crippen LogP contribution is -2.49. The Bertz CT molecular complexity index is 476. The number of hydrogen-bond donors (Lipinski definition) is 1. The molecule has 1 atom stereocenters. The van der Waals surface area contributed by atoms with Crippen LogP contribution in [0.25, 0.3) is 0 Å². The van der Waals surface area contributed by atoms with Crippen molar-refractivity contribution in [3.8, 4) is 0 Å². The van der Waals surface area contributed by atoms with E-state index in [2.05, 4.69) is 4.90 Å². The summed E-state index contributed by atoms with van der Waals surface area (Å²) in [6, 6.07) is 7.91. The van der Waals surface area contributed by atoms with Gasteiger partial charge >= 0.3 is 0 Å².